The lowest BCUT2D eigenvalue weighted by atomic mass is 9.92. The minimum Gasteiger partial charge on any atom is -0.460 e. The molecular formula is C12H16O3. The lowest BCUT2D eigenvalue weighted by molar-refractivity contribution is 0.0487. The molecule has 15 heavy (non-hydrogen) atoms. The number of carbonyl (C=O) groups is 1. The first-order valence-electron chi connectivity index (χ1n) is 5.52. The number of hydrogen-bond donors (Lipinski definition) is 0. The second-order valence-electron chi connectivity index (χ2n) is 3.87. The summed E-state index contributed by atoms with van der Waals surface area (Å²) in [5.41, 5.74) is 2.31. The Morgan fingerprint density at radius 2 is 2.00 bits per heavy atom. The minimum absolute atomic E-state index is 0.316. The first-order chi connectivity index (χ1) is 7.24. The Hall–Kier alpha value is -1.25. The van der Waals surface area contributed by atoms with Gasteiger partial charge in [-0.25, -0.2) is 4.79 Å². The molecule has 0 atom stereocenters. The highest BCUT2D eigenvalue weighted by atomic mass is 16.5. The third kappa shape index (κ3) is 1.78. The van der Waals surface area contributed by atoms with E-state index in [1.807, 2.05) is 6.92 Å². The van der Waals surface area contributed by atoms with Crippen LogP contribution in [0.25, 0.3) is 0 Å². The standard InChI is InChI=1S/C12H16O3/c1-3-14-12(13)11-10-7-5-4-6-9(10)8(2)15-11/h3-7H2,1-2H3. The fourth-order valence-electron chi connectivity index (χ4n) is 2.18. The number of furan rings is 1. The average Bonchev–Trinajstić information content (AvgIpc) is 2.58. The molecule has 0 saturated carbocycles. The maximum Gasteiger partial charge on any atom is 0.374 e. The molecule has 3 nitrogen and oxygen atoms in total. The van der Waals surface area contributed by atoms with Crippen molar-refractivity contribution in [3.8, 4) is 0 Å². The quantitative estimate of drug-likeness (QED) is 0.701. The summed E-state index contributed by atoms with van der Waals surface area (Å²) < 4.78 is 10.5. The molecule has 0 fully saturated rings. The van der Waals surface area contributed by atoms with Gasteiger partial charge in [0.05, 0.1) is 6.61 Å². The lowest BCUT2D eigenvalue weighted by Gasteiger charge is -2.10. The van der Waals surface area contributed by atoms with Crippen LogP contribution in [0.15, 0.2) is 4.42 Å². The Morgan fingerprint density at radius 3 is 2.67 bits per heavy atom. The summed E-state index contributed by atoms with van der Waals surface area (Å²) in [6, 6.07) is 0. The zero-order chi connectivity index (χ0) is 10.8. The molecule has 0 N–H and O–H groups in total. The molecule has 82 valence electrons. The van der Waals surface area contributed by atoms with E-state index in [0.717, 1.165) is 30.6 Å². The van der Waals surface area contributed by atoms with E-state index in [4.69, 9.17) is 9.15 Å². The predicted octanol–water partition coefficient (Wildman–Crippen LogP) is 2.64. The lowest BCUT2D eigenvalue weighted by Crippen LogP contribution is -2.09. The van der Waals surface area contributed by atoms with Gasteiger partial charge in [0.2, 0.25) is 5.76 Å². The summed E-state index contributed by atoms with van der Waals surface area (Å²) in [6.07, 6.45) is 4.30. The van der Waals surface area contributed by atoms with Crippen molar-refractivity contribution < 1.29 is 13.9 Å². The summed E-state index contributed by atoms with van der Waals surface area (Å²) in [4.78, 5) is 11.6. The van der Waals surface area contributed by atoms with Crippen LogP contribution >= 0.6 is 0 Å². The SMILES string of the molecule is CCOC(=O)c1oc(C)c2c1CCCC2. The van der Waals surface area contributed by atoms with Crippen molar-refractivity contribution in [2.45, 2.75) is 39.5 Å². The van der Waals surface area contributed by atoms with Gasteiger partial charge in [-0.3, -0.25) is 0 Å². The van der Waals surface area contributed by atoms with Gasteiger partial charge in [0, 0.05) is 5.56 Å². The number of ether oxygens (including phenoxy) is 1. The maximum atomic E-state index is 11.6. The molecule has 1 aromatic rings. The largest absolute Gasteiger partial charge is 0.460 e. The monoisotopic (exact) mass is 208 g/mol. The Kier molecular flexibility index (Phi) is 2.80. The highest BCUT2D eigenvalue weighted by molar-refractivity contribution is 5.88. The molecular weight excluding hydrogens is 192 g/mol. The van der Waals surface area contributed by atoms with E-state index in [-0.39, 0.29) is 5.97 Å². The van der Waals surface area contributed by atoms with E-state index in [1.54, 1.807) is 6.92 Å². The molecule has 0 radical (unpaired) electrons. The predicted molar refractivity (Wildman–Crippen MR) is 56.0 cm³/mol. The Labute approximate surface area is 89.4 Å². The zero-order valence-corrected chi connectivity index (χ0v) is 9.26. The van der Waals surface area contributed by atoms with Gasteiger partial charge in [0.25, 0.3) is 0 Å². The molecule has 2 rings (SSSR count). The molecule has 1 heterocycles. The van der Waals surface area contributed by atoms with Crippen LogP contribution in [0.4, 0.5) is 0 Å². The van der Waals surface area contributed by atoms with Crippen LogP contribution in [0, 0.1) is 6.92 Å². The van der Waals surface area contributed by atoms with Gasteiger partial charge in [0.15, 0.2) is 0 Å². The summed E-state index contributed by atoms with van der Waals surface area (Å²) in [5, 5.41) is 0. The number of aryl methyl sites for hydroxylation is 1. The van der Waals surface area contributed by atoms with Crippen molar-refractivity contribution in [1.82, 2.24) is 0 Å². The van der Waals surface area contributed by atoms with Gasteiger partial charge < -0.3 is 9.15 Å². The van der Waals surface area contributed by atoms with Gasteiger partial charge in [-0.1, -0.05) is 0 Å². The Bertz CT molecular complexity index is 376. The van der Waals surface area contributed by atoms with Crippen molar-refractivity contribution in [3.05, 3.63) is 22.6 Å². The minimum atomic E-state index is -0.316. The van der Waals surface area contributed by atoms with Crippen molar-refractivity contribution in [2.75, 3.05) is 6.61 Å². The van der Waals surface area contributed by atoms with E-state index >= 15 is 0 Å². The highest BCUT2D eigenvalue weighted by Crippen LogP contribution is 2.30. The normalized spacial score (nSPS) is 14.8. The highest BCUT2D eigenvalue weighted by Gasteiger charge is 2.25. The summed E-state index contributed by atoms with van der Waals surface area (Å²) in [7, 11) is 0. The van der Waals surface area contributed by atoms with E-state index in [0.29, 0.717) is 12.4 Å². The van der Waals surface area contributed by atoms with E-state index in [1.165, 1.54) is 12.0 Å². The third-order valence-electron chi connectivity index (χ3n) is 2.88. The topological polar surface area (TPSA) is 39.4 Å². The fraction of sp³-hybridized carbons (Fsp3) is 0.583. The Balaban J connectivity index is 2.35. The van der Waals surface area contributed by atoms with E-state index < -0.39 is 0 Å². The van der Waals surface area contributed by atoms with Crippen LogP contribution < -0.4 is 0 Å². The van der Waals surface area contributed by atoms with Gasteiger partial charge in [-0.2, -0.15) is 0 Å². The van der Waals surface area contributed by atoms with Crippen LogP contribution in [0.2, 0.25) is 0 Å². The molecule has 0 unspecified atom stereocenters. The molecule has 1 aliphatic carbocycles. The van der Waals surface area contributed by atoms with E-state index in [9.17, 15) is 4.79 Å². The first-order valence-corrected chi connectivity index (χ1v) is 5.52. The first kappa shape index (κ1) is 10.3. The van der Waals surface area contributed by atoms with Crippen molar-refractivity contribution in [3.63, 3.8) is 0 Å². The molecule has 0 aromatic carbocycles. The fourth-order valence-corrected chi connectivity index (χ4v) is 2.18. The zero-order valence-electron chi connectivity index (χ0n) is 9.26. The molecule has 1 aromatic heterocycles. The molecule has 0 bridgehead atoms. The van der Waals surface area contributed by atoms with Gasteiger partial charge in [-0.05, 0) is 45.1 Å². The van der Waals surface area contributed by atoms with Crippen LogP contribution in [0.5, 0.6) is 0 Å². The molecule has 0 spiro atoms. The van der Waals surface area contributed by atoms with Crippen molar-refractivity contribution in [2.24, 2.45) is 0 Å². The Morgan fingerprint density at radius 1 is 1.33 bits per heavy atom. The van der Waals surface area contributed by atoms with Gasteiger partial charge >= 0.3 is 5.97 Å². The second-order valence-corrected chi connectivity index (χ2v) is 3.87. The molecule has 0 amide bonds. The summed E-state index contributed by atoms with van der Waals surface area (Å²) >= 11 is 0. The third-order valence-corrected chi connectivity index (χ3v) is 2.88. The average molecular weight is 208 g/mol. The number of carbonyl (C=O) groups excluding carboxylic acids is 1. The van der Waals surface area contributed by atoms with Crippen LogP contribution in [0.1, 0.15) is 47.2 Å². The second kappa shape index (κ2) is 4.09. The van der Waals surface area contributed by atoms with Crippen LogP contribution in [0.3, 0.4) is 0 Å². The van der Waals surface area contributed by atoms with Crippen molar-refractivity contribution in [1.29, 1.82) is 0 Å². The van der Waals surface area contributed by atoms with Gasteiger partial charge in [0.1, 0.15) is 5.76 Å². The molecule has 1 aliphatic rings. The maximum absolute atomic E-state index is 11.6. The van der Waals surface area contributed by atoms with Crippen LogP contribution in [-0.2, 0) is 17.6 Å². The number of hydrogen-bond acceptors (Lipinski definition) is 3. The summed E-state index contributed by atoms with van der Waals surface area (Å²) in [5.74, 6) is 1.00. The van der Waals surface area contributed by atoms with Crippen molar-refractivity contribution >= 4 is 5.97 Å². The molecule has 0 saturated heterocycles. The summed E-state index contributed by atoms with van der Waals surface area (Å²) in [6.45, 7) is 4.13. The molecule has 0 aliphatic heterocycles. The van der Waals surface area contributed by atoms with Gasteiger partial charge in [-0.15, -0.1) is 0 Å². The smallest absolute Gasteiger partial charge is 0.374 e. The number of esters is 1. The van der Waals surface area contributed by atoms with E-state index in [2.05, 4.69) is 0 Å². The van der Waals surface area contributed by atoms with Crippen LogP contribution in [-0.4, -0.2) is 12.6 Å². The molecule has 3 heteroatoms. The number of rotatable bonds is 2. The number of fused-ring (bicyclic) bond motifs is 1.